The lowest BCUT2D eigenvalue weighted by Gasteiger charge is -2.32. The Morgan fingerprint density at radius 1 is 1.03 bits per heavy atom. The normalized spacial score (nSPS) is 14.2. The van der Waals surface area contributed by atoms with Gasteiger partial charge in [-0.1, -0.05) is 30.3 Å². The van der Waals surface area contributed by atoms with Crippen molar-refractivity contribution in [1.82, 2.24) is 10.2 Å². The second kappa shape index (κ2) is 10.3. The highest BCUT2D eigenvalue weighted by atomic mass is 19.1. The predicted molar refractivity (Wildman–Crippen MR) is 127 cm³/mol. The fourth-order valence-corrected chi connectivity index (χ4v) is 4.16. The number of likely N-dealkylation sites (tertiary alicyclic amines) is 1. The Hall–Kier alpha value is -3.61. The Kier molecular flexibility index (Phi) is 7.07. The number of anilines is 1. The highest BCUT2D eigenvalue weighted by Gasteiger charge is 2.24. The van der Waals surface area contributed by atoms with E-state index in [1.165, 1.54) is 12.1 Å². The first-order chi connectivity index (χ1) is 16.0. The summed E-state index contributed by atoms with van der Waals surface area (Å²) < 4.78 is 18.8. The van der Waals surface area contributed by atoms with Crippen LogP contribution >= 0.6 is 0 Å². The van der Waals surface area contributed by atoms with Gasteiger partial charge in [-0.2, -0.15) is 0 Å². The smallest absolute Gasteiger partial charge is 0.321 e. The van der Waals surface area contributed by atoms with E-state index in [4.69, 9.17) is 4.74 Å². The van der Waals surface area contributed by atoms with E-state index in [2.05, 4.69) is 10.6 Å². The minimum Gasteiger partial charge on any atom is -0.493 e. The molecular weight excluding hydrogens is 421 g/mol. The quantitative estimate of drug-likeness (QED) is 0.553. The zero-order chi connectivity index (χ0) is 23.2. The van der Waals surface area contributed by atoms with Crippen LogP contribution in [0.1, 0.15) is 30.1 Å². The van der Waals surface area contributed by atoms with Crippen LogP contribution in [0.5, 0.6) is 5.75 Å². The van der Waals surface area contributed by atoms with Gasteiger partial charge in [0.1, 0.15) is 11.6 Å². The van der Waals surface area contributed by atoms with E-state index in [9.17, 15) is 14.0 Å². The number of urea groups is 1. The average molecular weight is 450 g/mol. The van der Waals surface area contributed by atoms with Crippen molar-refractivity contribution in [3.63, 3.8) is 0 Å². The van der Waals surface area contributed by atoms with Crippen molar-refractivity contribution in [3.05, 3.63) is 72.0 Å². The molecular formula is C26H28FN3O3. The van der Waals surface area contributed by atoms with E-state index in [0.717, 1.165) is 23.6 Å². The largest absolute Gasteiger partial charge is 0.493 e. The highest BCUT2D eigenvalue weighted by Crippen LogP contribution is 2.28. The van der Waals surface area contributed by atoms with Crippen LogP contribution in [-0.4, -0.2) is 43.1 Å². The molecule has 0 radical (unpaired) electrons. The van der Waals surface area contributed by atoms with Gasteiger partial charge in [0.2, 0.25) is 0 Å². The van der Waals surface area contributed by atoms with Crippen molar-refractivity contribution in [2.45, 2.75) is 19.8 Å². The summed E-state index contributed by atoms with van der Waals surface area (Å²) in [5.74, 6) is 0.384. The topological polar surface area (TPSA) is 70.7 Å². The van der Waals surface area contributed by atoms with Crippen LogP contribution < -0.4 is 15.4 Å². The molecule has 0 bridgehead atoms. The van der Waals surface area contributed by atoms with Gasteiger partial charge < -0.3 is 20.3 Å². The van der Waals surface area contributed by atoms with Crippen LogP contribution in [-0.2, 0) is 0 Å². The first kappa shape index (κ1) is 22.6. The first-order valence-electron chi connectivity index (χ1n) is 11.3. The third-order valence-corrected chi connectivity index (χ3v) is 5.97. The molecule has 1 aliphatic heterocycles. The average Bonchev–Trinajstić information content (AvgIpc) is 2.84. The summed E-state index contributed by atoms with van der Waals surface area (Å²) in [6, 6.07) is 17.1. The Morgan fingerprint density at radius 3 is 2.48 bits per heavy atom. The van der Waals surface area contributed by atoms with Crippen molar-refractivity contribution in [1.29, 1.82) is 0 Å². The molecule has 4 rings (SSSR count). The number of ether oxygens (including phenoxy) is 1. The number of hydrogen-bond donors (Lipinski definition) is 2. The van der Waals surface area contributed by atoms with Gasteiger partial charge in [0.25, 0.3) is 5.91 Å². The van der Waals surface area contributed by atoms with Crippen LogP contribution in [0.3, 0.4) is 0 Å². The monoisotopic (exact) mass is 449 g/mol. The number of halogens is 1. The lowest BCUT2D eigenvalue weighted by molar-refractivity contribution is 0.0936. The number of carbonyl (C=O) groups is 2. The van der Waals surface area contributed by atoms with Gasteiger partial charge in [-0.15, -0.1) is 0 Å². The molecule has 1 heterocycles. The molecule has 0 unspecified atom stereocenters. The van der Waals surface area contributed by atoms with Gasteiger partial charge in [0, 0.05) is 25.3 Å². The van der Waals surface area contributed by atoms with Gasteiger partial charge in [-0.3, -0.25) is 4.79 Å². The molecule has 33 heavy (non-hydrogen) atoms. The summed E-state index contributed by atoms with van der Waals surface area (Å²) in [6.07, 6.45) is 1.59. The van der Waals surface area contributed by atoms with Crippen molar-refractivity contribution < 1.29 is 18.7 Å². The first-order valence-corrected chi connectivity index (χ1v) is 11.3. The van der Waals surface area contributed by atoms with E-state index in [0.29, 0.717) is 43.2 Å². The SMILES string of the molecule is CCOc1ccc2ccccc2c1C(=O)NCC1CCN(C(=O)Nc2ccc(F)cc2)CC1. The maximum absolute atomic E-state index is 13.1. The van der Waals surface area contributed by atoms with E-state index >= 15 is 0 Å². The summed E-state index contributed by atoms with van der Waals surface area (Å²) in [5, 5.41) is 7.73. The molecule has 0 aliphatic carbocycles. The van der Waals surface area contributed by atoms with E-state index in [1.807, 2.05) is 43.3 Å². The van der Waals surface area contributed by atoms with E-state index in [-0.39, 0.29) is 23.7 Å². The lowest BCUT2D eigenvalue weighted by Crippen LogP contribution is -2.43. The molecule has 172 valence electrons. The highest BCUT2D eigenvalue weighted by molar-refractivity contribution is 6.09. The number of fused-ring (bicyclic) bond motifs is 1. The van der Waals surface area contributed by atoms with Crippen LogP contribution in [0.4, 0.5) is 14.9 Å². The molecule has 3 aromatic rings. The molecule has 0 spiro atoms. The van der Waals surface area contributed by atoms with Gasteiger partial charge >= 0.3 is 6.03 Å². The third-order valence-electron chi connectivity index (χ3n) is 5.97. The summed E-state index contributed by atoms with van der Waals surface area (Å²) in [4.78, 5) is 27.3. The molecule has 2 N–H and O–H groups in total. The second-order valence-electron chi connectivity index (χ2n) is 8.17. The second-order valence-corrected chi connectivity index (χ2v) is 8.17. The molecule has 1 aliphatic rings. The molecule has 0 aromatic heterocycles. The summed E-state index contributed by atoms with van der Waals surface area (Å²) >= 11 is 0. The molecule has 3 amide bonds. The zero-order valence-electron chi connectivity index (χ0n) is 18.6. The maximum atomic E-state index is 13.1. The van der Waals surface area contributed by atoms with Gasteiger partial charge in [0.15, 0.2) is 0 Å². The van der Waals surface area contributed by atoms with Crippen molar-refractivity contribution in [3.8, 4) is 5.75 Å². The van der Waals surface area contributed by atoms with Crippen molar-refractivity contribution >= 4 is 28.4 Å². The Bertz CT molecular complexity index is 1130. The number of rotatable bonds is 6. The van der Waals surface area contributed by atoms with Crippen LogP contribution in [0, 0.1) is 11.7 Å². The Labute approximate surface area is 192 Å². The predicted octanol–water partition coefficient (Wildman–Crippen LogP) is 5.05. The van der Waals surface area contributed by atoms with Crippen LogP contribution in [0.25, 0.3) is 10.8 Å². The summed E-state index contributed by atoms with van der Waals surface area (Å²) in [6.45, 7) is 4.13. The third kappa shape index (κ3) is 5.42. The minimum atomic E-state index is -0.340. The number of nitrogens with zero attached hydrogens (tertiary/aromatic N) is 1. The van der Waals surface area contributed by atoms with Crippen molar-refractivity contribution in [2.75, 3.05) is 31.6 Å². The number of nitrogens with one attached hydrogen (secondary N) is 2. The van der Waals surface area contributed by atoms with Gasteiger partial charge in [-0.05, 0) is 66.8 Å². The molecule has 3 aromatic carbocycles. The number of carbonyl (C=O) groups excluding carboxylic acids is 2. The van der Waals surface area contributed by atoms with Crippen LogP contribution in [0.15, 0.2) is 60.7 Å². The van der Waals surface area contributed by atoms with Gasteiger partial charge in [0.05, 0.1) is 12.2 Å². The molecule has 1 fully saturated rings. The zero-order valence-corrected chi connectivity index (χ0v) is 18.6. The fourth-order valence-electron chi connectivity index (χ4n) is 4.16. The van der Waals surface area contributed by atoms with Crippen molar-refractivity contribution in [2.24, 2.45) is 5.92 Å². The molecule has 7 heteroatoms. The van der Waals surface area contributed by atoms with E-state index < -0.39 is 0 Å². The molecule has 0 saturated carbocycles. The Balaban J connectivity index is 1.33. The number of piperidine rings is 1. The number of hydrogen-bond acceptors (Lipinski definition) is 3. The van der Waals surface area contributed by atoms with Gasteiger partial charge in [-0.25, -0.2) is 9.18 Å². The minimum absolute atomic E-state index is 0.147. The van der Waals surface area contributed by atoms with Crippen LogP contribution in [0.2, 0.25) is 0 Å². The van der Waals surface area contributed by atoms with E-state index in [1.54, 1.807) is 17.0 Å². The maximum Gasteiger partial charge on any atom is 0.321 e. The Morgan fingerprint density at radius 2 is 1.76 bits per heavy atom. The molecule has 1 saturated heterocycles. The standard InChI is InChI=1S/C26H28FN3O3/c1-2-33-23-12-7-19-5-3-4-6-22(19)24(23)25(31)28-17-18-13-15-30(16-14-18)26(32)29-21-10-8-20(27)9-11-21/h3-12,18H,2,13-17H2,1H3,(H,28,31)(H,29,32). The summed E-state index contributed by atoms with van der Waals surface area (Å²) in [5.41, 5.74) is 1.13. The molecule has 6 nitrogen and oxygen atoms in total. The number of amides is 3. The summed E-state index contributed by atoms with van der Waals surface area (Å²) in [7, 11) is 0. The lowest BCUT2D eigenvalue weighted by atomic mass is 9.96. The fraction of sp³-hybridized carbons (Fsp3) is 0.308. The number of benzene rings is 3. The molecule has 0 atom stereocenters.